The van der Waals surface area contributed by atoms with Crippen LogP contribution < -0.4 is 4.90 Å². The zero-order valence-electron chi connectivity index (χ0n) is 10.8. The van der Waals surface area contributed by atoms with Crippen LogP contribution in [0.3, 0.4) is 0 Å². The van der Waals surface area contributed by atoms with Gasteiger partial charge >= 0.3 is 0 Å². The maximum absolute atomic E-state index is 5.90. The van der Waals surface area contributed by atoms with Crippen LogP contribution in [0.5, 0.6) is 0 Å². The minimum Gasteiger partial charge on any atom is -0.352 e. The molecular weight excluding hydrogens is 340 g/mol. The molecule has 0 amide bonds. The maximum Gasteiger partial charge on any atom is 0.180 e. The van der Waals surface area contributed by atoms with Crippen molar-refractivity contribution >= 4 is 39.0 Å². The smallest absolute Gasteiger partial charge is 0.180 e. The number of imidazole rings is 1. The third-order valence-electron chi connectivity index (χ3n) is 3.02. The van der Waals surface area contributed by atoms with Crippen molar-refractivity contribution in [2.75, 3.05) is 11.9 Å². The first kappa shape index (κ1) is 13.4. The van der Waals surface area contributed by atoms with E-state index in [4.69, 9.17) is 11.6 Å². The molecule has 0 atom stereocenters. The Morgan fingerprint density at radius 3 is 2.80 bits per heavy atom. The van der Waals surface area contributed by atoms with Gasteiger partial charge in [0.1, 0.15) is 4.60 Å². The monoisotopic (exact) mass is 350 g/mol. The SMILES string of the molecule is CN(Cc1ccc(Cl)cc1)c1nc(Br)cn2ccnc12. The van der Waals surface area contributed by atoms with Crippen molar-refractivity contribution in [3.63, 3.8) is 0 Å². The molecule has 0 saturated heterocycles. The number of benzene rings is 1. The molecule has 3 aromatic rings. The van der Waals surface area contributed by atoms with Crippen LogP contribution in [0.15, 0.2) is 47.5 Å². The van der Waals surface area contributed by atoms with Gasteiger partial charge in [-0.05, 0) is 33.6 Å². The second-order valence-corrected chi connectivity index (χ2v) is 5.78. The van der Waals surface area contributed by atoms with Crippen molar-refractivity contribution in [3.05, 3.63) is 58.0 Å². The van der Waals surface area contributed by atoms with Gasteiger partial charge in [-0.1, -0.05) is 23.7 Å². The number of rotatable bonds is 3. The van der Waals surface area contributed by atoms with Crippen LogP contribution in [-0.4, -0.2) is 21.4 Å². The quantitative estimate of drug-likeness (QED) is 0.720. The molecular formula is C14H12BrClN4. The van der Waals surface area contributed by atoms with E-state index in [1.54, 1.807) is 6.20 Å². The van der Waals surface area contributed by atoms with Crippen LogP contribution in [-0.2, 0) is 6.54 Å². The Balaban J connectivity index is 1.93. The highest BCUT2D eigenvalue weighted by Gasteiger charge is 2.11. The van der Waals surface area contributed by atoms with Gasteiger partial charge in [0.25, 0.3) is 0 Å². The van der Waals surface area contributed by atoms with E-state index in [-0.39, 0.29) is 0 Å². The molecule has 0 spiro atoms. The van der Waals surface area contributed by atoms with Crippen LogP contribution in [0.4, 0.5) is 5.82 Å². The third-order valence-corrected chi connectivity index (χ3v) is 3.66. The van der Waals surface area contributed by atoms with Gasteiger partial charge in [0.05, 0.1) is 0 Å². The minimum absolute atomic E-state index is 0.739. The molecule has 3 rings (SSSR count). The Labute approximate surface area is 130 Å². The average molecular weight is 352 g/mol. The Kier molecular flexibility index (Phi) is 3.63. The Morgan fingerprint density at radius 2 is 2.05 bits per heavy atom. The summed E-state index contributed by atoms with van der Waals surface area (Å²) in [7, 11) is 2.00. The van der Waals surface area contributed by atoms with E-state index in [1.807, 2.05) is 48.1 Å². The first-order valence-electron chi connectivity index (χ1n) is 6.08. The molecule has 20 heavy (non-hydrogen) atoms. The fourth-order valence-corrected chi connectivity index (χ4v) is 2.59. The molecule has 4 nitrogen and oxygen atoms in total. The number of hydrogen-bond donors (Lipinski definition) is 0. The zero-order chi connectivity index (χ0) is 14.1. The molecule has 0 aliphatic carbocycles. The fraction of sp³-hybridized carbons (Fsp3) is 0.143. The second kappa shape index (κ2) is 5.42. The summed E-state index contributed by atoms with van der Waals surface area (Å²) >= 11 is 9.33. The summed E-state index contributed by atoms with van der Waals surface area (Å²) in [4.78, 5) is 10.9. The lowest BCUT2D eigenvalue weighted by atomic mass is 10.2. The van der Waals surface area contributed by atoms with E-state index in [2.05, 4.69) is 30.8 Å². The van der Waals surface area contributed by atoms with Crippen LogP contribution >= 0.6 is 27.5 Å². The van der Waals surface area contributed by atoms with Crippen molar-refractivity contribution in [3.8, 4) is 0 Å². The van der Waals surface area contributed by atoms with Crippen molar-refractivity contribution in [1.29, 1.82) is 0 Å². The predicted octanol–water partition coefficient (Wildman–Crippen LogP) is 3.78. The van der Waals surface area contributed by atoms with Gasteiger partial charge in [-0.25, -0.2) is 9.97 Å². The molecule has 0 aliphatic rings. The zero-order valence-corrected chi connectivity index (χ0v) is 13.1. The molecule has 0 N–H and O–H groups in total. The molecule has 0 bridgehead atoms. The molecule has 2 aromatic heterocycles. The fourth-order valence-electron chi connectivity index (χ4n) is 2.08. The molecule has 0 saturated carbocycles. The van der Waals surface area contributed by atoms with E-state index in [9.17, 15) is 0 Å². The lowest BCUT2D eigenvalue weighted by molar-refractivity contribution is 0.887. The highest BCUT2D eigenvalue weighted by molar-refractivity contribution is 9.10. The average Bonchev–Trinajstić information content (AvgIpc) is 2.88. The topological polar surface area (TPSA) is 33.4 Å². The molecule has 1 aromatic carbocycles. The van der Waals surface area contributed by atoms with Gasteiger partial charge in [-0.3, -0.25) is 0 Å². The maximum atomic E-state index is 5.90. The van der Waals surface area contributed by atoms with E-state index in [0.29, 0.717) is 0 Å². The third kappa shape index (κ3) is 2.64. The Morgan fingerprint density at radius 1 is 1.30 bits per heavy atom. The molecule has 102 valence electrons. The molecule has 6 heteroatoms. The van der Waals surface area contributed by atoms with Gasteiger partial charge < -0.3 is 9.30 Å². The molecule has 0 aliphatic heterocycles. The van der Waals surface area contributed by atoms with Crippen molar-refractivity contribution in [2.24, 2.45) is 0 Å². The minimum atomic E-state index is 0.739. The number of hydrogen-bond acceptors (Lipinski definition) is 3. The number of aromatic nitrogens is 3. The van der Waals surface area contributed by atoms with E-state index < -0.39 is 0 Å². The summed E-state index contributed by atoms with van der Waals surface area (Å²) in [5, 5.41) is 0.743. The predicted molar refractivity (Wildman–Crippen MR) is 84.2 cm³/mol. The first-order chi connectivity index (χ1) is 9.63. The molecule has 0 radical (unpaired) electrons. The van der Waals surface area contributed by atoms with Crippen molar-refractivity contribution < 1.29 is 0 Å². The summed E-state index contributed by atoms with van der Waals surface area (Å²) < 4.78 is 2.73. The van der Waals surface area contributed by atoms with Crippen LogP contribution in [0.1, 0.15) is 5.56 Å². The summed E-state index contributed by atoms with van der Waals surface area (Å²) in [6.45, 7) is 0.739. The normalized spacial score (nSPS) is 10.9. The standard InChI is InChI=1S/C14H12BrClN4/c1-19(8-10-2-4-11(16)5-3-10)14-13-17-6-7-20(13)9-12(15)18-14/h2-7,9H,8H2,1H3. The van der Waals surface area contributed by atoms with Gasteiger partial charge in [0.2, 0.25) is 0 Å². The largest absolute Gasteiger partial charge is 0.352 e. The summed E-state index contributed by atoms with van der Waals surface area (Å²) in [5.74, 6) is 0.833. The van der Waals surface area contributed by atoms with Gasteiger partial charge in [0.15, 0.2) is 11.5 Å². The highest BCUT2D eigenvalue weighted by Crippen LogP contribution is 2.22. The van der Waals surface area contributed by atoms with Crippen LogP contribution in [0.2, 0.25) is 5.02 Å². The van der Waals surface area contributed by atoms with Gasteiger partial charge in [-0.2, -0.15) is 0 Å². The number of anilines is 1. The molecule has 0 fully saturated rings. The van der Waals surface area contributed by atoms with Crippen LogP contribution in [0, 0.1) is 0 Å². The second-order valence-electron chi connectivity index (χ2n) is 4.53. The van der Waals surface area contributed by atoms with Crippen molar-refractivity contribution in [2.45, 2.75) is 6.54 Å². The van der Waals surface area contributed by atoms with E-state index in [0.717, 1.165) is 27.6 Å². The number of nitrogens with zero attached hydrogens (tertiary/aromatic N) is 4. The van der Waals surface area contributed by atoms with Crippen LogP contribution in [0.25, 0.3) is 5.65 Å². The molecule has 2 heterocycles. The summed E-state index contributed by atoms with van der Waals surface area (Å²) in [6, 6.07) is 7.81. The lowest BCUT2D eigenvalue weighted by Gasteiger charge is -2.19. The highest BCUT2D eigenvalue weighted by atomic mass is 79.9. The summed E-state index contributed by atoms with van der Waals surface area (Å²) in [6.07, 6.45) is 5.56. The summed E-state index contributed by atoms with van der Waals surface area (Å²) in [5.41, 5.74) is 2.01. The number of halogens is 2. The van der Waals surface area contributed by atoms with Crippen molar-refractivity contribution in [1.82, 2.24) is 14.4 Å². The Bertz CT molecular complexity index is 739. The van der Waals surface area contributed by atoms with E-state index in [1.165, 1.54) is 5.56 Å². The lowest BCUT2D eigenvalue weighted by Crippen LogP contribution is -2.19. The van der Waals surface area contributed by atoms with Gasteiger partial charge in [-0.15, -0.1) is 0 Å². The van der Waals surface area contributed by atoms with Gasteiger partial charge in [0, 0.05) is 37.2 Å². The van der Waals surface area contributed by atoms with E-state index >= 15 is 0 Å². The molecule has 0 unspecified atom stereocenters. The first-order valence-corrected chi connectivity index (χ1v) is 7.25. The Hall–Kier alpha value is -1.59. The number of fused-ring (bicyclic) bond motifs is 1.